The van der Waals surface area contributed by atoms with E-state index in [9.17, 15) is 14.4 Å². The Hall–Kier alpha value is -1.59. The van der Waals surface area contributed by atoms with E-state index in [2.05, 4.69) is 0 Å². The van der Waals surface area contributed by atoms with Crippen molar-refractivity contribution in [1.82, 2.24) is 9.80 Å². The third kappa shape index (κ3) is 2.78. The molecule has 0 bridgehead atoms. The van der Waals surface area contributed by atoms with Gasteiger partial charge >= 0.3 is 5.97 Å². The molecule has 2 unspecified atom stereocenters. The Morgan fingerprint density at radius 2 is 2.00 bits per heavy atom. The number of carbonyl (C=O) groups excluding carboxylic acids is 2. The molecule has 0 aromatic heterocycles. The van der Waals surface area contributed by atoms with Crippen LogP contribution in [-0.4, -0.2) is 58.4 Å². The lowest BCUT2D eigenvalue weighted by Gasteiger charge is -2.33. The van der Waals surface area contributed by atoms with Crippen molar-refractivity contribution in [1.29, 1.82) is 0 Å². The summed E-state index contributed by atoms with van der Waals surface area (Å²) in [5.74, 6) is -1.35. The Bertz CT molecular complexity index is 421. The molecule has 6 nitrogen and oxygen atoms in total. The number of rotatable bonds is 4. The van der Waals surface area contributed by atoms with Crippen molar-refractivity contribution in [2.24, 2.45) is 11.8 Å². The maximum absolute atomic E-state index is 12.6. The number of aliphatic carboxylic acids is 1. The summed E-state index contributed by atoms with van der Waals surface area (Å²) in [6.45, 7) is 5.22. The first kappa shape index (κ1) is 14.8. The van der Waals surface area contributed by atoms with Gasteiger partial charge in [0, 0.05) is 26.1 Å². The summed E-state index contributed by atoms with van der Waals surface area (Å²) in [6.07, 6.45) is 1.81. The summed E-state index contributed by atoms with van der Waals surface area (Å²) < 4.78 is 0. The van der Waals surface area contributed by atoms with Crippen molar-refractivity contribution in [2.75, 3.05) is 19.6 Å². The fraction of sp³-hybridized carbons (Fsp3) is 0.786. The highest BCUT2D eigenvalue weighted by Crippen LogP contribution is 2.24. The van der Waals surface area contributed by atoms with E-state index >= 15 is 0 Å². The second-order valence-electron chi connectivity index (χ2n) is 5.99. The molecule has 1 N–H and O–H groups in total. The Morgan fingerprint density at radius 1 is 1.30 bits per heavy atom. The second-order valence-corrected chi connectivity index (χ2v) is 5.99. The van der Waals surface area contributed by atoms with Crippen LogP contribution in [0.3, 0.4) is 0 Å². The van der Waals surface area contributed by atoms with Crippen LogP contribution >= 0.6 is 0 Å². The van der Waals surface area contributed by atoms with E-state index in [1.165, 1.54) is 0 Å². The third-order valence-electron chi connectivity index (χ3n) is 4.18. The number of nitrogens with zero attached hydrogens (tertiary/aromatic N) is 2. The first-order chi connectivity index (χ1) is 9.41. The minimum absolute atomic E-state index is 0.0334. The molecule has 2 rings (SSSR count). The molecule has 2 fully saturated rings. The van der Waals surface area contributed by atoms with Gasteiger partial charge in [-0.1, -0.05) is 13.8 Å². The monoisotopic (exact) mass is 282 g/mol. The number of hydrogen-bond donors (Lipinski definition) is 1. The normalized spacial score (nSPS) is 24.6. The van der Waals surface area contributed by atoms with Crippen LogP contribution in [0, 0.1) is 11.8 Å². The molecule has 20 heavy (non-hydrogen) atoms. The molecule has 0 aromatic carbocycles. The first-order valence-electron chi connectivity index (χ1n) is 7.23. The van der Waals surface area contributed by atoms with Crippen molar-refractivity contribution >= 4 is 17.8 Å². The van der Waals surface area contributed by atoms with Crippen LogP contribution in [-0.2, 0) is 14.4 Å². The number of carboxylic acids is 1. The topological polar surface area (TPSA) is 77.9 Å². The van der Waals surface area contributed by atoms with Gasteiger partial charge in [-0.25, -0.2) is 0 Å². The van der Waals surface area contributed by atoms with Gasteiger partial charge in [0.25, 0.3) is 0 Å². The molecule has 2 heterocycles. The first-order valence-corrected chi connectivity index (χ1v) is 7.23. The summed E-state index contributed by atoms with van der Waals surface area (Å²) in [5.41, 5.74) is 0. The molecule has 2 amide bonds. The van der Waals surface area contributed by atoms with Gasteiger partial charge in [-0.3, -0.25) is 14.4 Å². The number of carboxylic acid groups (broad SMARTS) is 1. The molecule has 0 saturated carbocycles. The molecular formula is C14H22N2O4. The molecule has 6 heteroatoms. The molecule has 2 aliphatic heterocycles. The summed E-state index contributed by atoms with van der Waals surface area (Å²) in [7, 11) is 0. The maximum atomic E-state index is 12.6. The van der Waals surface area contributed by atoms with E-state index in [0.717, 1.165) is 6.42 Å². The van der Waals surface area contributed by atoms with Crippen LogP contribution in [0.2, 0.25) is 0 Å². The second kappa shape index (κ2) is 5.81. The molecule has 112 valence electrons. The van der Waals surface area contributed by atoms with Gasteiger partial charge in [-0.15, -0.1) is 0 Å². The van der Waals surface area contributed by atoms with E-state index < -0.39 is 17.9 Å². The van der Waals surface area contributed by atoms with Crippen LogP contribution in [0.15, 0.2) is 0 Å². The molecule has 0 aliphatic carbocycles. The van der Waals surface area contributed by atoms with Crippen molar-refractivity contribution < 1.29 is 19.5 Å². The minimum atomic E-state index is -0.848. The highest BCUT2D eigenvalue weighted by molar-refractivity contribution is 5.89. The van der Waals surface area contributed by atoms with E-state index in [0.29, 0.717) is 25.9 Å². The average molecular weight is 282 g/mol. The van der Waals surface area contributed by atoms with Gasteiger partial charge in [-0.2, -0.15) is 0 Å². The van der Waals surface area contributed by atoms with Gasteiger partial charge in [0.05, 0.1) is 5.92 Å². The molecule has 2 saturated heterocycles. The molecule has 0 aromatic rings. The van der Waals surface area contributed by atoms with Crippen molar-refractivity contribution in [2.45, 2.75) is 39.2 Å². The molecule has 2 atom stereocenters. The van der Waals surface area contributed by atoms with Crippen LogP contribution < -0.4 is 0 Å². The van der Waals surface area contributed by atoms with Crippen molar-refractivity contribution in [3.63, 3.8) is 0 Å². The zero-order chi connectivity index (χ0) is 14.9. The predicted molar refractivity (Wildman–Crippen MR) is 71.9 cm³/mol. The average Bonchev–Trinajstić information content (AvgIpc) is 2.98. The van der Waals surface area contributed by atoms with Gasteiger partial charge in [-0.05, 0) is 18.8 Å². The van der Waals surface area contributed by atoms with E-state index in [-0.39, 0.29) is 24.3 Å². The summed E-state index contributed by atoms with van der Waals surface area (Å²) in [5, 5.41) is 9.01. The van der Waals surface area contributed by atoms with E-state index in [1.54, 1.807) is 9.80 Å². The summed E-state index contributed by atoms with van der Waals surface area (Å²) >= 11 is 0. The standard InChI is InChI=1S/C14H22N2O4/c1-9(2)12(16-6-3-4-11(16)17)13(18)15-7-5-10(8-15)14(19)20/h9-10,12H,3-8H2,1-2H3,(H,19,20). The number of carbonyl (C=O) groups is 3. The van der Waals surface area contributed by atoms with Gasteiger partial charge in [0.1, 0.15) is 6.04 Å². The number of hydrogen-bond acceptors (Lipinski definition) is 3. The largest absolute Gasteiger partial charge is 0.481 e. The third-order valence-corrected chi connectivity index (χ3v) is 4.18. The maximum Gasteiger partial charge on any atom is 0.308 e. The summed E-state index contributed by atoms with van der Waals surface area (Å²) in [4.78, 5) is 38.8. The van der Waals surface area contributed by atoms with Crippen LogP contribution in [0.25, 0.3) is 0 Å². The Morgan fingerprint density at radius 3 is 2.45 bits per heavy atom. The molecule has 2 aliphatic rings. The lowest BCUT2D eigenvalue weighted by atomic mass is 10.0. The van der Waals surface area contributed by atoms with Crippen LogP contribution in [0.1, 0.15) is 33.1 Å². The number of likely N-dealkylation sites (tertiary alicyclic amines) is 2. The Balaban J connectivity index is 2.08. The fourth-order valence-corrected chi connectivity index (χ4v) is 3.09. The van der Waals surface area contributed by atoms with Crippen molar-refractivity contribution in [3.8, 4) is 0 Å². The zero-order valence-electron chi connectivity index (χ0n) is 12.0. The number of amides is 2. The predicted octanol–water partition coefficient (Wildman–Crippen LogP) is 0.566. The Kier molecular flexibility index (Phi) is 4.30. The van der Waals surface area contributed by atoms with Crippen LogP contribution in [0.5, 0.6) is 0 Å². The van der Waals surface area contributed by atoms with Gasteiger partial charge in [0.2, 0.25) is 11.8 Å². The summed E-state index contributed by atoms with van der Waals surface area (Å²) in [6, 6.07) is -0.447. The van der Waals surface area contributed by atoms with Gasteiger partial charge in [0.15, 0.2) is 0 Å². The van der Waals surface area contributed by atoms with E-state index in [4.69, 9.17) is 5.11 Å². The minimum Gasteiger partial charge on any atom is -0.481 e. The van der Waals surface area contributed by atoms with E-state index in [1.807, 2.05) is 13.8 Å². The zero-order valence-corrected chi connectivity index (χ0v) is 12.0. The molecule has 0 radical (unpaired) electrons. The molecule has 0 spiro atoms. The molecular weight excluding hydrogens is 260 g/mol. The smallest absolute Gasteiger partial charge is 0.308 e. The van der Waals surface area contributed by atoms with Gasteiger partial charge < -0.3 is 14.9 Å². The highest BCUT2D eigenvalue weighted by Gasteiger charge is 2.40. The quantitative estimate of drug-likeness (QED) is 0.817. The van der Waals surface area contributed by atoms with Crippen molar-refractivity contribution in [3.05, 3.63) is 0 Å². The highest BCUT2D eigenvalue weighted by atomic mass is 16.4. The lowest BCUT2D eigenvalue weighted by molar-refractivity contribution is -0.145. The Labute approximate surface area is 118 Å². The van der Waals surface area contributed by atoms with Crippen LogP contribution in [0.4, 0.5) is 0 Å². The lowest BCUT2D eigenvalue weighted by Crippen LogP contribution is -2.51. The SMILES string of the molecule is CC(C)C(C(=O)N1CCC(C(=O)O)C1)N1CCCC1=O. The fourth-order valence-electron chi connectivity index (χ4n) is 3.09.